The fourth-order valence-corrected chi connectivity index (χ4v) is 1.33. The summed E-state index contributed by atoms with van der Waals surface area (Å²) >= 11 is 0. The third kappa shape index (κ3) is 2.82. The number of hydrogen-bond donors (Lipinski definition) is 3. The van der Waals surface area contributed by atoms with Crippen LogP contribution in [0.3, 0.4) is 0 Å². The summed E-state index contributed by atoms with van der Waals surface area (Å²) in [6, 6.07) is 8.12. The van der Waals surface area contributed by atoms with Gasteiger partial charge >= 0.3 is 6.03 Å². The van der Waals surface area contributed by atoms with Crippen molar-refractivity contribution < 1.29 is 4.79 Å². The Hall–Kier alpha value is -2.88. The molecule has 7 heteroatoms. The van der Waals surface area contributed by atoms with Crippen LogP contribution in [-0.2, 0) is 0 Å². The Kier molecular flexibility index (Phi) is 3.20. The standard InChI is InChI=1S/C11H10N6O/c1-7-13-10(17-16-7)15-11(18)14-9-4-2-3-8(5-9)6-12/h2-5H,1H3,(H3,13,14,15,16,17,18). The molecule has 0 unspecified atom stereocenters. The van der Waals surface area contributed by atoms with Crippen LogP contribution in [0.4, 0.5) is 16.4 Å². The van der Waals surface area contributed by atoms with E-state index in [0.29, 0.717) is 17.1 Å². The highest BCUT2D eigenvalue weighted by Gasteiger charge is 2.06. The number of aromatic nitrogens is 3. The van der Waals surface area contributed by atoms with Crippen molar-refractivity contribution in [1.82, 2.24) is 15.2 Å². The number of anilines is 2. The first kappa shape index (κ1) is 11.6. The number of benzene rings is 1. The van der Waals surface area contributed by atoms with Crippen molar-refractivity contribution in [2.24, 2.45) is 0 Å². The number of urea groups is 1. The van der Waals surface area contributed by atoms with E-state index < -0.39 is 6.03 Å². The fraction of sp³-hybridized carbons (Fsp3) is 0.0909. The van der Waals surface area contributed by atoms with Crippen molar-refractivity contribution in [2.45, 2.75) is 6.92 Å². The van der Waals surface area contributed by atoms with E-state index in [1.807, 2.05) is 6.07 Å². The molecule has 7 nitrogen and oxygen atoms in total. The summed E-state index contributed by atoms with van der Waals surface area (Å²) in [6.07, 6.45) is 0. The number of hydrogen-bond acceptors (Lipinski definition) is 4. The molecule has 90 valence electrons. The third-order valence-corrected chi connectivity index (χ3v) is 2.07. The zero-order valence-corrected chi connectivity index (χ0v) is 9.56. The van der Waals surface area contributed by atoms with Crippen LogP contribution in [0.5, 0.6) is 0 Å². The van der Waals surface area contributed by atoms with Crippen molar-refractivity contribution in [1.29, 1.82) is 5.26 Å². The fourth-order valence-electron chi connectivity index (χ4n) is 1.33. The molecule has 3 N–H and O–H groups in total. The van der Waals surface area contributed by atoms with Crippen LogP contribution in [0.15, 0.2) is 24.3 Å². The Morgan fingerprint density at radius 3 is 2.94 bits per heavy atom. The molecule has 2 rings (SSSR count). The molecule has 0 aliphatic heterocycles. The molecule has 1 aromatic carbocycles. The van der Waals surface area contributed by atoms with E-state index in [-0.39, 0.29) is 5.95 Å². The van der Waals surface area contributed by atoms with Crippen LogP contribution in [-0.4, -0.2) is 21.2 Å². The van der Waals surface area contributed by atoms with Gasteiger partial charge in [0.15, 0.2) is 0 Å². The van der Waals surface area contributed by atoms with Crippen LogP contribution in [0.25, 0.3) is 0 Å². The Labute approximate surface area is 103 Å². The highest BCUT2D eigenvalue weighted by molar-refractivity contribution is 5.98. The Morgan fingerprint density at radius 1 is 1.44 bits per heavy atom. The maximum Gasteiger partial charge on any atom is 0.326 e. The summed E-state index contributed by atoms with van der Waals surface area (Å²) in [5.41, 5.74) is 1.00. The Balaban J connectivity index is 2.01. The maximum atomic E-state index is 11.6. The zero-order valence-electron chi connectivity index (χ0n) is 9.56. The van der Waals surface area contributed by atoms with Crippen LogP contribution in [0.2, 0.25) is 0 Å². The number of aromatic amines is 1. The number of amides is 2. The van der Waals surface area contributed by atoms with E-state index in [9.17, 15) is 4.79 Å². The lowest BCUT2D eigenvalue weighted by atomic mass is 10.2. The number of nitriles is 1. The molecule has 0 bridgehead atoms. The van der Waals surface area contributed by atoms with Crippen molar-refractivity contribution >= 4 is 17.7 Å². The summed E-state index contributed by atoms with van der Waals surface area (Å²) in [4.78, 5) is 15.5. The molecular weight excluding hydrogens is 232 g/mol. The van der Waals surface area contributed by atoms with E-state index in [4.69, 9.17) is 5.26 Å². The van der Waals surface area contributed by atoms with Gasteiger partial charge in [-0.3, -0.25) is 10.4 Å². The van der Waals surface area contributed by atoms with Gasteiger partial charge in [-0.2, -0.15) is 10.2 Å². The zero-order chi connectivity index (χ0) is 13.0. The second-order valence-electron chi connectivity index (χ2n) is 3.52. The largest absolute Gasteiger partial charge is 0.326 e. The second kappa shape index (κ2) is 4.97. The minimum absolute atomic E-state index is 0.196. The Morgan fingerprint density at radius 2 is 2.28 bits per heavy atom. The number of H-pyrrole nitrogens is 1. The van der Waals surface area contributed by atoms with Gasteiger partial charge in [-0.1, -0.05) is 6.07 Å². The molecular formula is C11H10N6O. The minimum atomic E-state index is -0.468. The number of nitrogens with one attached hydrogen (secondary N) is 3. The molecule has 0 saturated carbocycles. The van der Waals surface area contributed by atoms with Gasteiger partial charge < -0.3 is 5.32 Å². The summed E-state index contributed by atoms with van der Waals surface area (Å²) in [7, 11) is 0. The van der Waals surface area contributed by atoms with Crippen LogP contribution >= 0.6 is 0 Å². The third-order valence-electron chi connectivity index (χ3n) is 2.07. The summed E-state index contributed by atoms with van der Waals surface area (Å²) < 4.78 is 0. The quantitative estimate of drug-likeness (QED) is 0.743. The van der Waals surface area contributed by atoms with Crippen LogP contribution in [0.1, 0.15) is 11.4 Å². The van der Waals surface area contributed by atoms with E-state index in [0.717, 1.165) is 0 Å². The molecule has 0 radical (unpaired) electrons. The first-order valence-corrected chi connectivity index (χ1v) is 5.14. The second-order valence-corrected chi connectivity index (χ2v) is 3.52. The van der Waals surface area contributed by atoms with E-state index in [2.05, 4.69) is 25.8 Å². The van der Waals surface area contributed by atoms with Gasteiger partial charge in [0.2, 0.25) is 5.95 Å². The van der Waals surface area contributed by atoms with Gasteiger partial charge in [-0.05, 0) is 25.1 Å². The van der Waals surface area contributed by atoms with Crippen molar-refractivity contribution in [3.8, 4) is 6.07 Å². The lowest BCUT2D eigenvalue weighted by Gasteiger charge is -2.04. The number of nitrogens with zero attached hydrogens (tertiary/aromatic N) is 3. The first-order valence-electron chi connectivity index (χ1n) is 5.14. The molecule has 0 fully saturated rings. The average molecular weight is 242 g/mol. The Bertz CT molecular complexity index is 612. The monoisotopic (exact) mass is 242 g/mol. The van der Waals surface area contributed by atoms with Crippen LogP contribution in [0, 0.1) is 18.3 Å². The van der Waals surface area contributed by atoms with Gasteiger partial charge in [0.1, 0.15) is 5.82 Å². The minimum Gasteiger partial charge on any atom is -0.308 e. The number of carbonyl (C=O) groups excluding carboxylic acids is 1. The molecule has 0 spiro atoms. The van der Waals surface area contributed by atoms with Gasteiger partial charge in [0.05, 0.1) is 11.6 Å². The highest BCUT2D eigenvalue weighted by Crippen LogP contribution is 2.10. The molecule has 0 aliphatic carbocycles. The maximum absolute atomic E-state index is 11.6. The molecule has 0 atom stereocenters. The molecule has 1 aromatic heterocycles. The smallest absolute Gasteiger partial charge is 0.308 e. The van der Waals surface area contributed by atoms with Gasteiger partial charge in [-0.15, -0.1) is 5.10 Å². The summed E-state index contributed by atoms with van der Waals surface area (Å²) in [5, 5.41) is 20.2. The highest BCUT2D eigenvalue weighted by atomic mass is 16.2. The molecule has 2 amide bonds. The number of rotatable bonds is 2. The first-order chi connectivity index (χ1) is 8.67. The number of carbonyl (C=O) groups is 1. The molecule has 2 aromatic rings. The molecule has 0 aliphatic rings. The summed E-state index contributed by atoms with van der Waals surface area (Å²) in [6.45, 7) is 1.73. The van der Waals surface area contributed by atoms with Gasteiger partial charge in [0, 0.05) is 5.69 Å². The summed E-state index contributed by atoms with van der Waals surface area (Å²) in [5.74, 6) is 0.804. The van der Waals surface area contributed by atoms with Gasteiger partial charge in [0.25, 0.3) is 0 Å². The van der Waals surface area contributed by atoms with E-state index >= 15 is 0 Å². The van der Waals surface area contributed by atoms with E-state index in [1.165, 1.54) is 0 Å². The molecule has 0 saturated heterocycles. The van der Waals surface area contributed by atoms with Crippen molar-refractivity contribution in [3.63, 3.8) is 0 Å². The van der Waals surface area contributed by atoms with Crippen LogP contribution < -0.4 is 10.6 Å². The van der Waals surface area contributed by atoms with Crippen molar-refractivity contribution in [2.75, 3.05) is 10.6 Å². The predicted octanol–water partition coefficient (Wildman–Crippen LogP) is 1.63. The van der Waals surface area contributed by atoms with E-state index in [1.54, 1.807) is 31.2 Å². The normalized spacial score (nSPS) is 9.56. The molecule has 1 heterocycles. The molecule has 18 heavy (non-hydrogen) atoms. The SMILES string of the molecule is Cc1nc(NC(=O)Nc2cccc(C#N)c2)n[nH]1. The van der Waals surface area contributed by atoms with Crippen molar-refractivity contribution in [3.05, 3.63) is 35.7 Å². The lowest BCUT2D eigenvalue weighted by molar-refractivity contribution is 0.262. The predicted molar refractivity (Wildman–Crippen MR) is 64.9 cm³/mol. The lowest BCUT2D eigenvalue weighted by Crippen LogP contribution is -2.20. The average Bonchev–Trinajstić information content (AvgIpc) is 2.74. The topological polar surface area (TPSA) is 106 Å². The number of aryl methyl sites for hydroxylation is 1. The van der Waals surface area contributed by atoms with Gasteiger partial charge in [-0.25, -0.2) is 4.79 Å².